The number of hydrogen-bond acceptors (Lipinski definition) is 0. The van der Waals surface area contributed by atoms with Crippen LogP contribution in [-0.4, -0.2) is 0 Å². The second kappa shape index (κ2) is 31.4. The van der Waals surface area contributed by atoms with Crippen LogP contribution in [0.2, 0.25) is 0 Å². The molecule has 0 aliphatic rings. The van der Waals surface area contributed by atoms with E-state index in [1.54, 1.807) is 0 Å². The van der Waals surface area contributed by atoms with Gasteiger partial charge in [0.25, 0.3) is 0 Å². The summed E-state index contributed by atoms with van der Waals surface area (Å²) in [5, 5.41) is 0. The molecule has 0 aliphatic carbocycles. The third-order valence-corrected chi connectivity index (χ3v) is 15.8. The molecule has 9 aromatic carbocycles. The van der Waals surface area contributed by atoms with E-state index in [1.807, 2.05) is 27.7 Å². The zero-order valence-corrected chi connectivity index (χ0v) is 57.8. The van der Waals surface area contributed by atoms with Crippen LogP contribution in [0.15, 0.2) is 188 Å². The highest BCUT2D eigenvalue weighted by atomic mass is 14.2. The van der Waals surface area contributed by atoms with Crippen molar-refractivity contribution in [1.29, 1.82) is 0 Å². The normalized spacial score (nSPS) is 11.2. The van der Waals surface area contributed by atoms with Crippen LogP contribution in [0.1, 0.15) is 199 Å². The molecule has 450 valence electrons. The Hall–Kier alpha value is -7.02. The van der Waals surface area contributed by atoms with Gasteiger partial charge in [-0.25, -0.2) is 0 Å². The molecular formula is C85H110. The third kappa shape index (κ3) is 20.9. The highest BCUT2D eigenvalue weighted by Crippen LogP contribution is 2.40. The van der Waals surface area contributed by atoms with E-state index in [4.69, 9.17) is 0 Å². The van der Waals surface area contributed by atoms with Gasteiger partial charge < -0.3 is 0 Å². The maximum absolute atomic E-state index is 2.40. The van der Waals surface area contributed by atoms with Gasteiger partial charge in [-0.1, -0.05) is 294 Å². The molecule has 9 rings (SSSR count). The molecule has 0 bridgehead atoms. The van der Waals surface area contributed by atoms with E-state index in [2.05, 4.69) is 333 Å². The maximum Gasteiger partial charge on any atom is -0.0132 e. The van der Waals surface area contributed by atoms with Crippen molar-refractivity contribution >= 4 is 0 Å². The van der Waals surface area contributed by atoms with Gasteiger partial charge in [-0.05, 0) is 229 Å². The van der Waals surface area contributed by atoms with Crippen LogP contribution in [0.3, 0.4) is 0 Å². The standard InChI is InChI=1S/C59H64.2C9H12.C4H10.2C2H6/c1-39-30-44(50-35-46(40-14-22-52(23-15-40)56(2,3)4)33-47(36-50)41-16-24-53(25-17-41)57(5,6)7)32-45(31-39)51-37-48(42-18-26-54(27-19-42)58(8,9)10)34-49(38-51)43-20-28-55(29-21-43)59(11,12)13;2*1-7-4-5-8(2)9(3)6-7;1-3-4-2;2*1-2/h14-38H,1-13H3;2*4-6H,1-3H3;3-4H2,1-2H3;2*1-2H3. The lowest BCUT2D eigenvalue weighted by molar-refractivity contribution is 0.590. The SMILES string of the molecule is CC.CC.CCCC.Cc1cc(-c2cc(-c3ccc(C(C)(C)C)cc3)cc(-c3ccc(C(C)(C)C)cc3)c2)cc(-c2cc(-c3ccc(C(C)(C)C)cc3)cc(-c3ccc(C(C)(C)C)cc3)c2)c1.Cc1ccc(C)c(C)c1.Cc1ccc(C)c(C)c1. The van der Waals surface area contributed by atoms with Gasteiger partial charge in [0.15, 0.2) is 0 Å². The van der Waals surface area contributed by atoms with Gasteiger partial charge in [-0.2, -0.15) is 0 Å². The van der Waals surface area contributed by atoms with Crippen LogP contribution in [0.5, 0.6) is 0 Å². The van der Waals surface area contributed by atoms with Crippen molar-refractivity contribution in [2.45, 2.75) is 208 Å². The van der Waals surface area contributed by atoms with Crippen molar-refractivity contribution in [2.75, 3.05) is 0 Å². The highest BCUT2D eigenvalue weighted by molar-refractivity contribution is 5.86. The molecule has 0 unspecified atom stereocenters. The average molecular weight is 1130 g/mol. The lowest BCUT2D eigenvalue weighted by Crippen LogP contribution is -2.10. The summed E-state index contributed by atoms with van der Waals surface area (Å²) < 4.78 is 0. The minimum absolute atomic E-state index is 0.0984. The number of hydrogen-bond donors (Lipinski definition) is 0. The highest BCUT2D eigenvalue weighted by Gasteiger charge is 2.19. The number of unbranched alkanes of at least 4 members (excludes halogenated alkanes) is 1. The van der Waals surface area contributed by atoms with Crippen LogP contribution in [-0.2, 0) is 21.7 Å². The summed E-state index contributed by atoms with van der Waals surface area (Å²) >= 11 is 0. The lowest BCUT2D eigenvalue weighted by atomic mass is 9.84. The third-order valence-electron chi connectivity index (χ3n) is 15.8. The van der Waals surface area contributed by atoms with Crippen molar-refractivity contribution in [1.82, 2.24) is 0 Å². The van der Waals surface area contributed by atoms with Gasteiger partial charge in [0.2, 0.25) is 0 Å². The Morgan fingerprint density at radius 3 is 0.553 bits per heavy atom. The molecule has 0 amide bonds. The Bertz CT molecular complexity index is 3090. The second-order valence-corrected chi connectivity index (χ2v) is 27.2. The summed E-state index contributed by atoms with van der Waals surface area (Å²) in [4.78, 5) is 0. The van der Waals surface area contributed by atoms with Crippen molar-refractivity contribution in [3.63, 3.8) is 0 Å². The Labute approximate surface area is 520 Å². The molecule has 0 fully saturated rings. The molecule has 0 N–H and O–H groups in total. The zero-order chi connectivity index (χ0) is 63.6. The number of benzene rings is 9. The molecule has 0 atom stereocenters. The first-order valence-electron chi connectivity index (χ1n) is 31.9. The van der Waals surface area contributed by atoms with E-state index >= 15 is 0 Å². The van der Waals surface area contributed by atoms with E-state index in [0.29, 0.717) is 0 Å². The summed E-state index contributed by atoms with van der Waals surface area (Å²) in [5.74, 6) is 0. The molecule has 0 aromatic heterocycles. The fourth-order valence-electron chi connectivity index (χ4n) is 9.81. The largest absolute Gasteiger partial charge is 0.0683 e. The Kier molecular flexibility index (Phi) is 26.0. The van der Waals surface area contributed by atoms with Crippen LogP contribution in [0, 0.1) is 48.5 Å². The molecule has 0 nitrogen and oxygen atoms in total. The van der Waals surface area contributed by atoms with Crippen LogP contribution < -0.4 is 0 Å². The Morgan fingerprint density at radius 2 is 0.388 bits per heavy atom. The molecule has 0 heteroatoms. The van der Waals surface area contributed by atoms with Gasteiger partial charge in [-0.3, -0.25) is 0 Å². The summed E-state index contributed by atoms with van der Waals surface area (Å²) in [6, 6.07) is 71.1. The summed E-state index contributed by atoms with van der Waals surface area (Å²) in [7, 11) is 0. The first kappa shape index (κ1) is 70.5. The molecule has 0 saturated heterocycles. The topological polar surface area (TPSA) is 0 Å². The predicted octanol–water partition coefficient (Wildman–Crippen LogP) is 26.3. The molecule has 9 aromatic rings. The summed E-state index contributed by atoms with van der Waals surface area (Å²) in [5.41, 5.74) is 29.9. The van der Waals surface area contributed by atoms with Gasteiger partial charge in [0.1, 0.15) is 0 Å². The fraction of sp³-hybridized carbons (Fsp3) is 0.365. The van der Waals surface area contributed by atoms with Gasteiger partial charge in [0.05, 0.1) is 0 Å². The van der Waals surface area contributed by atoms with Crippen molar-refractivity contribution in [3.8, 4) is 66.8 Å². The monoisotopic (exact) mass is 1130 g/mol. The number of aryl methyl sites for hydroxylation is 7. The maximum atomic E-state index is 2.40. The molecule has 0 saturated carbocycles. The van der Waals surface area contributed by atoms with Gasteiger partial charge in [0, 0.05) is 0 Å². The van der Waals surface area contributed by atoms with E-state index in [-0.39, 0.29) is 21.7 Å². The summed E-state index contributed by atoms with van der Waals surface area (Å²) in [6.07, 6.45) is 2.64. The van der Waals surface area contributed by atoms with Gasteiger partial charge in [-0.15, -0.1) is 0 Å². The lowest BCUT2D eigenvalue weighted by Gasteiger charge is -2.20. The van der Waals surface area contributed by atoms with Crippen LogP contribution in [0.25, 0.3) is 66.8 Å². The Balaban J connectivity index is 0.000000492. The molecular weight excluding hydrogens is 1020 g/mol. The first-order valence-corrected chi connectivity index (χ1v) is 31.9. The minimum atomic E-state index is 0.0984. The quantitative estimate of drug-likeness (QED) is 0.149. The number of rotatable bonds is 7. The predicted molar refractivity (Wildman–Crippen MR) is 383 cm³/mol. The van der Waals surface area contributed by atoms with Gasteiger partial charge >= 0.3 is 0 Å². The molecule has 0 heterocycles. The molecule has 0 radical (unpaired) electrons. The van der Waals surface area contributed by atoms with Crippen LogP contribution in [0.4, 0.5) is 0 Å². The van der Waals surface area contributed by atoms with E-state index in [1.165, 1.54) is 141 Å². The second-order valence-electron chi connectivity index (χ2n) is 27.2. The molecule has 0 aliphatic heterocycles. The van der Waals surface area contributed by atoms with Crippen molar-refractivity contribution in [2.24, 2.45) is 0 Å². The van der Waals surface area contributed by atoms with Crippen molar-refractivity contribution in [3.05, 3.63) is 249 Å². The summed E-state index contributed by atoms with van der Waals surface area (Å²) in [6.45, 7) is 54.7. The smallest absolute Gasteiger partial charge is 0.0132 e. The van der Waals surface area contributed by atoms with Crippen molar-refractivity contribution < 1.29 is 0 Å². The van der Waals surface area contributed by atoms with E-state index in [0.717, 1.165) is 0 Å². The fourth-order valence-corrected chi connectivity index (χ4v) is 9.81. The van der Waals surface area contributed by atoms with E-state index < -0.39 is 0 Å². The Morgan fingerprint density at radius 1 is 0.200 bits per heavy atom. The zero-order valence-electron chi connectivity index (χ0n) is 57.8. The van der Waals surface area contributed by atoms with Crippen LogP contribution >= 0.6 is 0 Å². The average Bonchev–Trinajstić information content (AvgIpc) is 3.16. The molecule has 0 spiro atoms. The molecule has 85 heavy (non-hydrogen) atoms. The minimum Gasteiger partial charge on any atom is -0.0683 e. The first-order chi connectivity index (χ1) is 39.9. The van der Waals surface area contributed by atoms with E-state index in [9.17, 15) is 0 Å².